The Bertz CT molecular complexity index is 1210. The molecule has 4 rings (SSSR count). The number of anilines is 1. The van der Waals surface area contributed by atoms with Crippen molar-refractivity contribution in [3.05, 3.63) is 83.4 Å². The van der Waals surface area contributed by atoms with Gasteiger partial charge in [-0.1, -0.05) is 58.9 Å². The van der Waals surface area contributed by atoms with Crippen LogP contribution in [0.5, 0.6) is 0 Å². The monoisotopic (exact) mass is 412 g/mol. The summed E-state index contributed by atoms with van der Waals surface area (Å²) in [5, 5.41) is 2.96. The van der Waals surface area contributed by atoms with E-state index in [0.29, 0.717) is 34.2 Å². The third-order valence-corrected chi connectivity index (χ3v) is 5.48. The lowest BCUT2D eigenvalue weighted by Gasteiger charge is -2.19. The topological polar surface area (TPSA) is 55.1 Å². The largest absolute Gasteiger partial charge is 0.436 e. The molecular formula is C27H28N2O2. The lowest BCUT2D eigenvalue weighted by atomic mass is 9.87. The van der Waals surface area contributed by atoms with Crippen molar-refractivity contribution in [2.24, 2.45) is 0 Å². The van der Waals surface area contributed by atoms with E-state index in [0.717, 1.165) is 5.56 Å². The average molecular weight is 413 g/mol. The molecule has 3 aromatic carbocycles. The third kappa shape index (κ3) is 4.53. The Morgan fingerprint density at radius 1 is 0.935 bits per heavy atom. The van der Waals surface area contributed by atoms with Gasteiger partial charge in [0.25, 0.3) is 5.91 Å². The molecule has 4 aromatic rings. The van der Waals surface area contributed by atoms with E-state index in [1.54, 1.807) is 0 Å². The summed E-state index contributed by atoms with van der Waals surface area (Å²) in [5.74, 6) is 0.910. The van der Waals surface area contributed by atoms with Crippen LogP contribution in [0.3, 0.4) is 0 Å². The number of nitrogens with zero attached hydrogens (tertiary/aromatic N) is 1. The molecule has 158 valence electrons. The van der Waals surface area contributed by atoms with Gasteiger partial charge in [0, 0.05) is 16.8 Å². The van der Waals surface area contributed by atoms with Crippen molar-refractivity contribution in [2.75, 3.05) is 5.32 Å². The second kappa shape index (κ2) is 8.03. The zero-order valence-corrected chi connectivity index (χ0v) is 18.7. The zero-order chi connectivity index (χ0) is 22.2. The molecule has 31 heavy (non-hydrogen) atoms. The van der Waals surface area contributed by atoms with Crippen molar-refractivity contribution in [3.8, 4) is 11.5 Å². The van der Waals surface area contributed by atoms with Crippen LogP contribution in [-0.4, -0.2) is 10.9 Å². The van der Waals surface area contributed by atoms with Gasteiger partial charge in [-0.25, -0.2) is 4.98 Å². The van der Waals surface area contributed by atoms with Crippen molar-refractivity contribution in [1.29, 1.82) is 0 Å². The maximum Gasteiger partial charge on any atom is 0.255 e. The molecule has 0 unspecified atom stereocenters. The second-order valence-corrected chi connectivity index (χ2v) is 9.26. The van der Waals surface area contributed by atoms with Gasteiger partial charge >= 0.3 is 0 Å². The van der Waals surface area contributed by atoms with E-state index in [4.69, 9.17) is 4.42 Å². The fourth-order valence-corrected chi connectivity index (χ4v) is 3.46. The molecule has 1 amide bonds. The molecule has 1 aromatic heterocycles. The van der Waals surface area contributed by atoms with Gasteiger partial charge in [0.1, 0.15) is 5.52 Å². The lowest BCUT2D eigenvalue weighted by Crippen LogP contribution is -2.14. The number of nitrogens with one attached hydrogen (secondary N) is 1. The molecule has 0 fully saturated rings. The van der Waals surface area contributed by atoms with Crippen LogP contribution >= 0.6 is 0 Å². The summed E-state index contributed by atoms with van der Waals surface area (Å²) in [4.78, 5) is 17.3. The van der Waals surface area contributed by atoms with Crippen LogP contribution in [-0.2, 0) is 5.41 Å². The molecule has 0 atom stereocenters. The van der Waals surface area contributed by atoms with Gasteiger partial charge in [-0.05, 0) is 64.9 Å². The molecule has 0 saturated carbocycles. The Hall–Kier alpha value is -3.40. The number of fused-ring (bicyclic) bond motifs is 1. The number of carbonyl (C=O) groups excluding carboxylic acids is 1. The van der Waals surface area contributed by atoms with Gasteiger partial charge in [0.05, 0.1) is 0 Å². The summed E-state index contributed by atoms with van der Waals surface area (Å²) in [5.41, 5.74) is 6.18. The van der Waals surface area contributed by atoms with E-state index >= 15 is 0 Å². The van der Waals surface area contributed by atoms with E-state index in [2.05, 4.69) is 57.1 Å². The highest BCUT2D eigenvalue weighted by molar-refractivity contribution is 6.05. The average Bonchev–Trinajstić information content (AvgIpc) is 3.16. The van der Waals surface area contributed by atoms with Gasteiger partial charge in [-0.15, -0.1) is 0 Å². The molecule has 4 nitrogen and oxygen atoms in total. The normalized spacial score (nSPS) is 11.8. The van der Waals surface area contributed by atoms with E-state index in [1.807, 2.05) is 54.6 Å². The third-order valence-electron chi connectivity index (χ3n) is 5.48. The molecule has 0 aliphatic heterocycles. The predicted molar refractivity (Wildman–Crippen MR) is 127 cm³/mol. The summed E-state index contributed by atoms with van der Waals surface area (Å²) in [6.07, 6.45) is 0. The number of oxazole rings is 1. The second-order valence-electron chi connectivity index (χ2n) is 9.26. The van der Waals surface area contributed by atoms with Crippen molar-refractivity contribution < 1.29 is 9.21 Å². The van der Waals surface area contributed by atoms with Crippen LogP contribution in [0.25, 0.3) is 22.6 Å². The molecule has 0 saturated heterocycles. The van der Waals surface area contributed by atoms with E-state index in [-0.39, 0.29) is 11.3 Å². The Morgan fingerprint density at radius 2 is 1.61 bits per heavy atom. The molecule has 4 heteroatoms. The van der Waals surface area contributed by atoms with E-state index in [1.165, 1.54) is 11.1 Å². The molecule has 1 N–H and O–H groups in total. The lowest BCUT2D eigenvalue weighted by molar-refractivity contribution is 0.102. The highest BCUT2D eigenvalue weighted by atomic mass is 16.3. The number of rotatable bonds is 4. The minimum atomic E-state index is -0.146. The van der Waals surface area contributed by atoms with Crippen LogP contribution in [0.15, 0.2) is 71.1 Å². The smallest absolute Gasteiger partial charge is 0.255 e. The minimum absolute atomic E-state index is 0.0554. The molecule has 0 aliphatic carbocycles. The van der Waals surface area contributed by atoms with Crippen molar-refractivity contribution >= 4 is 22.7 Å². The molecule has 1 heterocycles. The first-order valence-corrected chi connectivity index (χ1v) is 10.6. The van der Waals surface area contributed by atoms with Crippen LogP contribution in [0.2, 0.25) is 0 Å². The summed E-state index contributed by atoms with van der Waals surface area (Å²) < 4.78 is 5.92. The fourth-order valence-electron chi connectivity index (χ4n) is 3.46. The maximum absolute atomic E-state index is 12.7. The first-order chi connectivity index (χ1) is 14.7. The zero-order valence-electron chi connectivity index (χ0n) is 18.7. The minimum Gasteiger partial charge on any atom is -0.436 e. The van der Waals surface area contributed by atoms with Crippen molar-refractivity contribution in [3.63, 3.8) is 0 Å². The molecule has 0 aliphatic rings. The van der Waals surface area contributed by atoms with Gasteiger partial charge in [0.15, 0.2) is 5.58 Å². The van der Waals surface area contributed by atoms with Crippen molar-refractivity contribution in [2.45, 2.75) is 46.0 Å². The number of hydrogen-bond acceptors (Lipinski definition) is 3. The Morgan fingerprint density at radius 3 is 2.23 bits per heavy atom. The molecular weight excluding hydrogens is 384 g/mol. The maximum atomic E-state index is 12.7. The standard InChI is InChI=1S/C27H28N2O2/c1-17(2)18-6-8-20(9-7-18)26-29-23-16-22(14-15-24(23)31-26)28-25(30)19-10-12-21(13-11-19)27(3,4)5/h6-17H,1-5H3,(H,28,30). The quantitative estimate of drug-likeness (QED) is 0.386. The summed E-state index contributed by atoms with van der Waals surface area (Å²) in [7, 11) is 0. The highest BCUT2D eigenvalue weighted by Gasteiger charge is 2.15. The first-order valence-electron chi connectivity index (χ1n) is 10.6. The van der Waals surface area contributed by atoms with Gasteiger partial charge < -0.3 is 9.73 Å². The Labute approximate surface area is 183 Å². The highest BCUT2D eigenvalue weighted by Crippen LogP contribution is 2.28. The molecule has 0 bridgehead atoms. The summed E-state index contributed by atoms with van der Waals surface area (Å²) in [6, 6.07) is 21.5. The Balaban J connectivity index is 1.53. The van der Waals surface area contributed by atoms with E-state index < -0.39 is 0 Å². The predicted octanol–water partition coefficient (Wildman–Crippen LogP) is 7.17. The van der Waals surface area contributed by atoms with Crippen molar-refractivity contribution in [1.82, 2.24) is 4.98 Å². The van der Waals surface area contributed by atoms with E-state index in [9.17, 15) is 4.79 Å². The fraction of sp³-hybridized carbons (Fsp3) is 0.259. The summed E-state index contributed by atoms with van der Waals surface area (Å²) in [6.45, 7) is 10.8. The number of benzene rings is 3. The Kier molecular flexibility index (Phi) is 5.40. The van der Waals surface area contributed by atoms with Crippen LogP contribution in [0.4, 0.5) is 5.69 Å². The number of amides is 1. The van der Waals surface area contributed by atoms with Crippen LogP contribution in [0.1, 0.15) is 62.0 Å². The number of hydrogen-bond donors (Lipinski definition) is 1. The van der Waals surface area contributed by atoms with Gasteiger partial charge in [-0.2, -0.15) is 0 Å². The SMILES string of the molecule is CC(C)c1ccc(-c2nc3cc(NC(=O)c4ccc(C(C)(C)C)cc4)ccc3o2)cc1. The first kappa shape index (κ1) is 20.9. The van der Waals surface area contributed by atoms with Gasteiger partial charge in [0.2, 0.25) is 5.89 Å². The molecule has 0 radical (unpaired) electrons. The number of aromatic nitrogens is 1. The van der Waals surface area contributed by atoms with Gasteiger partial charge in [-0.3, -0.25) is 4.79 Å². The molecule has 0 spiro atoms. The number of carbonyl (C=O) groups is 1. The summed E-state index contributed by atoms with van der Waals surface area (Å²) >= 11 is 0. The van der Waals surface area contributed by atoms with Crippen LogP contribution in [0, 0.1) is 0 Å². The van der Waals surface area contributed by atoms with Crippen LogP contribution < -0.4 is 5.32 Å².